The molecule has 0 aliphatic heterocycles. The number of benzene rings is 1. The van der Waals surface area contributed by atoms with E-state index in [9.17, 15) is 0 Å². The van der Waals surface area contributed by atoms with Gasteiger partial charge in [-0.25, -0.2) is 4.98 Å². The van der Waals surface area contributed by atoms with Gasteiger partial charge in [0.15, 0.2) is 5.89 Å². The van der Waals surface area contributed by atoms with Crippen molar-refractivity contribution in [2.75, 3.05) is 13.6 Å². The van der Waals surface area contributed by atoms with Crippen molar-refractivity contribution in [2.24, 2.45) is 0 Å². The number of oxazole rings is 1. The third kappa shape index (κ3) is 3.96. The Bertz CT molecular complexity index is 496. The van der Waals surface area contributed by atoms with Gasteiger partial charge < -0.3 is 9.73 Å². The number of rotatable bonds is 6. The van der Waals surface area contributed by atoms with Crippen molar-refractivity contribution in [3.8, 4) is 0 Å². The van der Waals surface area contributed by atoms with Crippen molar-refractivity contribution >= 4 is 15.9 Å². The van der Waals surface area contributed by atoms with Crippen molar-refractivity contribution in [3.05, 3.63) is 52.1 Å². The topological polar surface area (TPSA) is 38.1 Å². The van der Waals surface area contributed by atoms with Crippen LogP contribution >= 0.6 is 15.9 Å². The summed E-state index contributed by atoms with van der Waals surface area (Å²) < 4.78 is 6.58. The lowest BCUT2D eigenvalue weighted by Gasteiger charge is -1.98. The maximum Gasteiger partial charge on any atom is 0.198 e. The first-order valence-electron chi connectivity index (χ1n) is 6.10. The first kappa shape index (κ1) is 13.3. The molecule has 0 saturated carbocycles. The van der Waals surface area contributed by atoms with Crippen molar-refractivity contribution in [1.29, 1.82) is 0 Å². The summed E-state index contributed by atoms with van der Waals surface area (Å²) in [6, 6.07) is 8.21. The van der Waals surface area contributed by atoms with E-state index in [1.165, 1.54) is 5.56 Å². The lowest BCUT2D eigenvalue weighted by atomic mass is 10.1. The van der Waals surface area contributed by atoms with Gasteiger partial charge >= 0.3 is 0 Å². The maximum atomic E-state index is 5.49. The molecule has 2 rings (SSSR count). The van der Waals surface area contributed by atoms with E-state index in [1.54, 1.807) is 6.26 Å². The van der Waals surface area contributed by atoms with Gasteiger partial charge in [-0.2, -0.15) is 0 Å². The fourth-order valence-corrected chi connectivity index (χ4v) is 2.26. The second kappa shape index (κ2) is 6.71. The lowest BCUT2D eigenvalue weighted by Crippen LogP contribution is -2.08. The van der Waals surface area contributed by atoms with E-state index in [0.717, 1.165) is 41.9 Å². The second-order valence-corrected chi connectivity index (χ2v) is 5.16. The minimum Gasteiger partial charge on any atom is -0.448 e. The van der Waals surface area contributed by atoms with Crippen LogP contribution in [0.15, 0.2) is 39.4 Å². The molecule has 1 N–H and O–H groups in total. The highest BCUT2D eigenvalue weighted by Gasteiger charge is 2.05. The average Bonchev–Trinajstić information content (AvgIpc) is 2.77. The molecule has 0 saturated heterocycles. The zero-order valence-corrected chi connectivity index (χ0v) is 12.0. The van der Waals surface area contributed by atoms with E-state index >= 15 is 0 Å². The minimum absolute atomic E-state index is 0.742. The largest absolute Gasteiger partial charge is 0.448 e. The SMILES string of the molecule is CNCCCc1coc(Cc2cccc(Br)c2)n1. The molecule has 0 atom stereocenters. The van der Waals surface area contributed by atoms with Crippen LogP contribution in [0.1, 0.15) is 23.6 Å². The zero-order chi connectivity index (χ0) is 12.8. The summed E-state index contributed by atoms with van der Waals surface area (Å²) in [5.41, 5.74) is 2.24. The molecule has 1 aromatic heterocycles. The second-order valence-electron chi connectivity index (χ2n) is 4.25. The molecular formula is C14H17BrN2O. The third-order valence-electron chi connectivity index (χ3n) is 2.70. The number of nitrogens with one attached hydrogen (secondary N) is 1. The van der Waals surface area contributed by atoms with Crippen LogP contribution in [0.4, 0.5) is 0 Å². The van der Waals surface area contributed by atoms with Crippen molar-refractivity contribution in [2.45, 2.75) is 19.3 Å². The molecular weight excluding hydrogens is 292 g/mol. The standard InChI is InChI=1S/C14H17BrN2O/c1-16-7-3-6-13-10-18-14(17-13)9-11-4-2-5-12(15)8-11/h2,4-5,8,10,16H,3,6-7,9H2,1H3. The van der Waals surface area contributed by atoms with Crippen molar-refractivity contribution in [1.82, 2.24) is 10.3 Å². The Labute approximate surface area is 116 Å². The fraction of sp³-hybridized carbons (Fsp3) is 0.357. The molecule has 0 bridgehead atoms. The van der Waals surface area contributed by atoms with Crippen molar-refractivity contribution in [3.63, 3.8) is 0 Å². The van der Waals surface area contributed by atoms with E-state index in [0.29, 0.717) is 0 Å². The highest BCUT2D eigenvalue weighted by Crippen LogP contribution is 2.15. The normalized spacial score (nSPS) is 10.8. The fourth-order valence-electron chi connectivity index (χ4n) is 1.81. The van der Waals surface area contributed by atoms with Crippen LogP contribution in [0.25, 0.3) is 0 Å². The Morgan fingerprint density at radius 1 is 1.39 bits per heavy atom. The first-order valence-corrected chi connectivity index (χ1v) is 6.89. The van der Waals surface area contributed by atoms with Crippen LogP contribution in [-0.4, -0.2) is 18.6 Å². The van der Waals surface area contributed by atoms with E-state index in [1.807, 2.05) is 19.2 Å². The van der Waals surface area contributed by atoms with E-state index in [2.05, 4.69) is 38.4 Å². The molecule has 1 heterocycles. The Morgan fingerprint density at radius 3 is 3.06 bits per heavy atom. The van der Waals surface area contributed by atoms with Gasteiger partial charge in [-0.1, -0.05) is 28.1 Å². The van der Waals surface area contributed by atoms with Crippen LogP contribution in [0.2, 0.25) is 0 Å². The summed E-state index contributed by atoms with van der Waals surface area (Å²) in [6.45, 7) is 1.01. The molecule has 0 amide bonds. The Hall–Kier alpha value is -1.13. The monoisotopic (exact) mass is 308 g/mol. The molecule has 0 aliphatic carbocycles. The number of hydrogen-bond donors (Lipinski definition) is 1. The molecule has 0 spiro atoms. The van der Waals surface area contributed by atoms with Gasteiger partial charge in [-0.05, 0) is 44.1 Å². The van der Waals surface area contributed by atoms with Gasteiger partial charge in [0.25, 0.3) is 0 Å². The molecule has 0 fully saturated rings. The highest BCUT2D eigenvalue weighted by atomic mass is 79.9. The molecule has 0 aliphatic rings. The number of aromatic nitrogens is 1. The van der Waals surface area contributed by atoms with Crippen LogP contribution in [0.3, 0.4) is 0 Å². The molecule has 4 heteroatoms. The summed E-state index contributed by atoms with van der Waals surface area (Å²) in [4.78, 5) is 4.50. The summed E-state index contributed by atoms with van der Waals surface area (Å²) in [6.07, 6.45) is 4.55. The molecule has 96 valence electrons. The number of halogens is 1. The average molecular weight is 309 g/mol. The summed E-state index contributed by atoms with van der Waals surface area (Å²) in [5, 5.41) is 3.13. The minimum atomic E-state index is 0.742. The van der Waals surface area contributed by atoms with E-state index < -0.39 is 0 Å². The smallest absolute Gasteiger partial charge is 0.198 e. The van der Waals surface area contributed by atoms with Crippen LogP contribution in [-0.2, 0) is 12.8 Å². The summed E-state index contributed by atoms with van der Waals surface area (Å²) >= 11 is 3.46. The predicted octanol–water partition coefficient (Wildman–Crippen LogP) is 3.18. The van der Waals surface area contributed by atoms with Crippen LogP contribution in [0.5, 0.6) is 0 Å². The van der Waals surface area contributed by atoms with Gasteiger partial charge in [0.2, 0.25) is 0 Å². The molecule has 3 nitrogen and oxygen atoms in total. The zero-order valence-electron chi connectivity index (χ0n) is 10.4. The quantitative estimate of drug-likeness (QED) is 0.833. The Balaban J connectivity index is 1.94. The Morgan fingerprint density at radius 2 is 2.28 bits per heavy atom. The molecule has 18 heavy (non-hydrogen) atoms. The maximum absolute atomic E-state index is 5.49. The Kier molecular flexibility index (Phi) is 4.96. The number of aryl methyl sites for hydroxylation is 1. The summed E-state index contributed by atoms with van der Waals surface area (Å²) in [5.74, 6) is 0.785. The van der Waals surface area contributed by atoms with Crippen LogP contribution < -0.4 is 5.32 Å². The molecule has 0 unspecified atom stereocenters. The molecule has 0 radical (unpaired) electrons. The van der Waals surface area contributed by atoms with Gasteiger partial charge in [0.05, 0.1) is 5.69 Å². The van der Waals surface area contributed by atoms with Gasteiger partial charge in [0.1, 0.15) is 6.26 Å². The molecule has 2 aromatic rings. The van der Waals surface area contributed by atoms with E-state index in [-0.39, 0.29) is 0 Å². The predicted molar refractivity (Wildman–Crippen MR) is 75.7 cm³/mol. The molecule has 1 aromatic carbocycles. The van der Waals surface area contributed by atoms with Crippen LogP contribution in [0, 0.1) is 0 Å². The van der Waals surface area contributed by atoms with Gasteiger partial charge in [-0.15, -0.1) is 0 Å². The third-order valence-corrected chi connectivity index (χ3v) is 3.20. The van der Waals surface area contributed by atoms with Gasteiger partial charge in [-0.3, -0.25) is 0 Å². The van der Waals surface area contributed by atoms with E-state index in [4.69, 9.17) is 4.42 Å². The lowest BCUT2D eigenvalue weighted by molar-refractivity contribution is 0.506. The van der Waals surface area contributed by atoms with Gasteiger partial charge in [0, 0.05) is 10.9 Å². The highest BCUT2D eigenvalue weighted by molar-refractivity contribution is 9.10. The number of hydrogen-bond acceptors (Lipinski definition) is 3. The van der Waals surface area contributed by atoms with Crippen molar-refractivity contribution < 1.29 is 4.42 Å². The summed E-state index contributed by atoms with van der Waals surface area (Å²) in [7, 11) is 1.96. The first-order chi connectivity index (χ1) is 8.78. The number of nitrogens with zero attached hydrogens (tertiary/aromatic N) is 1.